The molecule has 18 heavy (non-hydrogen) atoms. The zero-order chi connectivity index (χ0) is 13.0. The molecule has 0 bridgehead atoms. The lowest BCUT2D eigenvalue weighted by atomic mass is 9.78. The summed E-state index contributed by atoms with van der Waals surface area (Å²) in [5, 5.41) is 0. The third-order valence-electron chi connectivity index (χ3n) is 4.56. The van der Waals surface area contributed by atoms with Crippen LogP contribution >= 0.6 is 0 Å². The highest BCUT2D eigenvalue weighted by Gasteiger charge is 2.33. The molecular weight excluding hydrogens is 226 g/mol. The Morgan fingerprint density at radius 3 is 2.67 bits per heavy atom. The van der Waals surface area contributed by atoms with Crippen molar-refractivity contribution in [3.05, 3.63) is 0 Å². The Morgan fingerprint density at radius 1 is 1.11 bits per heavy atom. The number of nitrogens with two attached hydrogens (primary N) is 1. The van der Waals surface area contributed by atoms with Gasteiger partial charge in [0.15, 0.2) is 0 Å². The fourth-order valence-electron chi connectivity index (χ4n) is 3.32. The number of nitrogens with zero attached hydrogens (tertiary/aromatic N) is 2. The molecule has 4 heteroatoms. The summed E-state index contributed by atoms with van der Waals surface area (Å²) in [5.41, 5.74) is 5.83. The van der Waals surface area contributed by atoms with Gasteiger partial charge in [-0.2, -0.15) is 0 Å². The molecule has 2 fully saturated rings. The highest BCUT2D eigenvalue weighted by atomic mass is 16.2. The van der Waals surface area contributed by atoms with Gasteiger partial charge in [-0.1, -0.05) is 12.8 Å². The van der Waals surface area contributed by atoms with Crippen LogP contribution in [0.25, 0.3) is 0 Å². The summed E-state index contributed by atoms with van der Waals surface area (Å²) in [7, 11) is 2.14. The van der Waals surface area contributed by atoms with Crippen LogP contribution in [0, 0.1) is 11.8 Å². The molecule has 1 aliphatic carbocycles. The molecule has 0 aromatic heterocycles. The fourth-order valence-corrected chi connectivity index (χ4v) is 3.32. The van der Waals surface area contributed by atoms with Crippen molar-refractivity contribution in [3.63, 3.8) is 0 Å². The summed E-state index contributed by atoms with van der Waals surface area (Å²) in [4.78, 5) is 17.0. The monoisotopic (exact) mass is 253 g/mol. The van der Waals surface area contributed by atoms with Gasteiger partial charge in [-0.3, -0.25) is 4.79 Å². The van der Waals surface area contributed by atoms with Crippen LogP contribution in [0.15, 0.2) is 0 Å². The van der Waals surface area contributed by atoms with Gasteiger partial charge >= 0.3 is 0 Å². The first-order chi connectivity index (χ1) is 8.72. The Labute approximate surface area is 110 Å². The van der Waals surface area contributed by atoms with Crippen LogP contribution in [0.4, 0.5) is 0 Å². The van der Waals surface area contributed by atoms with Crippen LogP contribution in [0.1, 0.15) is 32.1 Å². The number of amides is 1. The van der Waals surface area contributed by atoms with E-state index in [9.17, 15) is 4.79 Å². The van der Waals surface area contributed by atoms with Crippen molar-refractivity contribution < 1.29 is 4.79 Å². The summed E-state index contributed by atoms with van der Waals surface area (Å²) in [6.45, 7) is 4.60. The predicted molar refractivity (Wildman–Crippen MR) is 73.2 cm³/mol. The van der Waals surface area contributed by atoms with Crippen molar-refractivity contribution in [2.45, 2.75) is 32.1 Å². The van der Waals surface area contributed by atoms with E-state index in [0.29, 0.717) is 18.4 Å². The summed E-state index contributed by atoms with van der Waals surface area (Å²) in [6.07, 6.45) is 5.73. The Balaban J connectivity index is 1.96. The van der Waals surface area contributed by atoms with Crippen molar-refractivity contribution in [2.24, 2.45) is 17.6 Å². The van der Waals surface area contributed by atoms with Crippen LogP contribution in [0.5, 0.6) is 0 Å². The Morgan fingerprint density at radius 2 is 1.89 bits per heavy atom. The van der Waals surface area contributed by atoms with Crippen molar-refractivity contribution in [1.29, 1.82) is 0 Å². The lowest BCUT2D eigenvalue weighted by Crippen LogP contribution is -2.43. The topological polar surface area (TPSA) is 49.6 Å². The molecule has 0 aromatic carbocycles. The summed E-state index contributed by atoms with van der Waals surface area (Å²) in [5.74, 6) is 1.000. The molecule has 2 unspecified atom stereocenters. The summed E-state index contributed by atoms with van der Waals surface area (Å²) in [6, 6.07) is 0. The zero-order valence-corrected chi connectivity index (χ0v) is 11.6. The van der Waals surface area contributed by atoms with Gasteiger partial charge in [-0.25, -0.2) is 0 Å². The van der Waals surface area contributed by atoms with E-state index in [0.717, 1.165) is 45.4 Å². The molecule has 104 valence electrons. The molecule has 1 saturated heterocycles. The van der Waals surface area contributed by atoms with Gasteiger partial charge in [0.1, 0.15) is 0 Å². The van der Waals surface area contributed by atoms with Gasteiger partial charge in [-0.15, -0.1) is 0 Å². The molecule has 0 spiro atoms. The number of rotatable bonds is 2. The highest BCUT2D eigenvalue weighted by Crippen LogP contribution is 2.31. The van der Waals surface area contributed by atoms with Gasteiger partial charge in [0, 0.05) is 25.6 Å². The minimum absolute atomic E-state index is 0.201. The molecule has 4 nitrogen and oxygen atoms in total. The van der Waals surface area contributed by atoms with Crippen molar-refractivity contribution in [2.75, 3.05) is 39.8 Å². The van der Waals surface area contributed by atoms with Gasteiger partial charge in [0.25, 0.3) is 0 Å². The molecular formula is C14H27N3O. The Kier molecular flexibility index (Phi) is 5.01. The summed E-state index contributed by atoms with van der Waals surface area (Å²) >= 11 is 0. The lowest BCUT2D eigenvalue weighted by Gasteiger charge is -2.33. The second kappa shape index (κ2) is 6.53. The Bertz CT molecular complexity index is 282. The number of carbonyl (C=O) groups is 1. The molecule has 1 saturated carbocycles. The molecule has 1 aliphatic heterocycles. The van der Waals surface area contributed by atoms with E-state index in [1.807, 2.05) is 0 Å². The molecule has 2 N–H and O–H groups in total. The molecule has 2 atom stereocenters. The highest BCUT2D eigenvalue weighted by molar-refractivity contribution is 5.79. The van der Waals surface area contributed by atoms with E-state index in [4.69, 9.17) is 5.73 Å². The second-order valence-corrected chi connectivity index (χ2v) is 5.87. The molecule has 1 amide bonds. The van der Waals surface area contributed by atoms with Crippen molar-refractivity contribution >= 4 is 5.91 Å². The molecule has 2 rings (SSSR count). The van der Waals surface area contributed by atoms with Crippen LogP contribution in [0.3, 0.4) is 0 Å². The van der Waals surface area contributed by atoms with E-state index in [1.165, 1.54) is 12.8 Å². The third kappa shape index (κ3) is 3.23. The van der Waals surface area contributed by atoms with Crippen LogP contribution in [-0.2, 0) is 4.79 Å². The fraction of sp³-hybridized carbons (Fsp3) is 0.929. The number of hydrogen-bond acceptors (Lipinski definition) is 3. The van der Waals surface area contributed by atoms with Crippen LogP contribution in [-0.4, -0.2) is 55.5 Å². The second-order valence-electron chi connectivity index (χ2n) is 5.87. The zero-order valence-electron chi connectivity index (χ0n) is 11.6. The Hall–Kier alpha value is -0.610. The molecule has 2 aliphatic rings. The maximum atomic E-state index is 12.6. The maximum absolute atomic E-state index is 12.6. The van der Waals surface area contributed by atoms with E-state index in [2.05, 4.69) is 16.8 Å². The predicted octanol–water partition coefficient (Wildman–Crippen LogP) is 0.916. The SMILES string of the molecule is CN1CCCN(C(=O)C2CCCCC2CN)CC1. The number of likely N-dealkylation sites (N-methyl/N-ethyl adjacent to an activating group) is 1. The minimum atomic E-state index is 0.201. The van der Waals surface area contributed by atoms with E-state index >= 15 is 0 Å². The average molecular weight is 253 g/mol. The van der Waals surface area contributed by atoms with E-state index in [-0.39, 0.29) is 5.92 Å². The average Bonchev–Trinajstić information content (AvgIpc) is 2.62. The first kappa shape index (κ1) is 13.8. The van der Waals surface area contributed by atoms with Gasteiger partial charge in [0.2, 0.25) is 5.91 Å². The number of carbonyl (C=O) groups excluding carboxylic acids is 1. The van der Waals surface area contributed by atoms with Crippen LogP contribution in [0.2, 0.25) is 0 Å². The maximum Gasteiger partial charge on any atom is 0.226 e. The van der Waals surface area contributed by atoms with E-state index < -0.39 is 0 Å². The number of hydrogen-bond donors (Lipinski definition) is 1. The van der Waals surface area contributed by atoms with E-state index in [1.54, 1.807) is 0 Å². The third-order valence-corrected chi connectivity index (χ3v) is 4.56. The smallest absolute Gasteiger partial charge is 0.226 e. The summed E-state index contributed by atoms with van der Waals surface area (Å²) < 4.78 is 0. The largest absolute Gasteiger partial charge is 0.341 e. The standard InChI is InChI=1S/C14H27N3O/c1-16-7-4-8-17(10-9-16)14(18)13-6-3-2-5-12(13)11-15/h12-13H,2-11,15H2,1H3. The minimum Gasteiger partial charge on any atom is -0.341 e. The molecule has 0 aromatic rings. The van der Waals surface area contributed by atoms with Crippen molar-refractivity contribution in [1.82, 2.24) is 9.80 Å². The van der Waals surface area contributed by atoms with Crippen LogP contribution < -0.4 is 5.73 Å². The lowest BCUT2D eigenvalue weighted by molar-refractivity contribution is -0.138. The normalized spacial score (nSPS) is 31.1. The van der Waals surface area contributed by atoms with Gasteiger partial charge < -0.3 is 15.5 Å². The van der Waals surface area contributed by atoms with Gasteiger partial charge in [-0.05, 0) is 45.3 Å². The quantitative estimate of drug-likeness (QED) is 0.796. The van der Waals surface area contributed by atoms with Crippen molar-refractivity contribution in [3.8, 4) is 0 Å². The first-order valence-corrected chi connectivity index (χ1v) is 7.39. The molecule has 0 radical (unpaired) electrons. The first-order valence-electron chi connectivity index (χ1n) is 7.39. The molecule has 1 heterocycles. The van der Waals surface area contributed by atoms with Gasteiger partial charge in [0.05, 0.1) is 0 Å².